The molecule has 5 nitrogen and oxygen atoms in total. The van der Waals surface area contributed by atoms with Gasteiger partial charge in [0, 0.05) is 0 Å². The number of nitrogens with one attached hydrogen (secondary N) is 1. The largest absolute Gasteiger partial charge is 0.493 e. The fourth-order valence-electron chi connectivity index (χ4n) is 2.55. The normalized spacial score (nSPS) is 10.5. The number of hydrogen-bond acceptors (Lipinski definition) is 4. The van der Waals surface area contributed by atoms with Crippen molar-refractivity contribution in [3.05, 3.63) is 53.6 Å². The quantitative estimate of drug-likeness (QED) is 0.697. The molecule has 0 spiro atoms. The number of amides is 1. The first-order valence-corrected chi connectivity index (χ1v) is 8.74. The smallest absolute Gasteiger partial charge is 0.224 e. The zero-order chi connectivity index (χ0) is 18.9. The third-order valence-corrected chi connectivity index (χ3v) is 4.05. The first-order chi connectivity index (χ1) is 12.5. The molecule has 0 saturated carbocycles. The summed E-state index contributed by atoms with van der Waals surface area (Å²) >= 11 is 0. The van der Waals surface area contributed by atoms with E-state index in [9.17, 15) is 4.79 Å². The fourth-order valence-corrected chi connectivity index (χ4v) is 2.55. The Morgan fingerprint density at radius 1 is 1.00 bits per heavy atom. The lowest BCUT2D eigenvalue weighted by Crippen LogP contribution is -2.29. The molecule has 0 atom stereocenters. The Hall–Kier alpha value is -2.69. The van der Waals surface area contributed by atoms with Crippen LogP contribution in [0.5, 0.6) is 17.2 Å². The number of rotatable bonds is 9. The van der Waals surface area contributed by atoms with Crippen molar-refractivity contribution in [2.75, 3.05) is 27.4 Å². The van der Waals surface area contributed by atoms with E-state index in [0.29, 0.717) is 30.6 Å². The zero-order valence-corrected chi connectivity index (χ0v) is 15.9. The van der Waals surface area contributed by atoms with Gasteiger partial charge in [-0.1, -0.05) is 32.0 Å². The fraction of sp³-hybridized carbons (Fsp3) is 0.381. The van der Waals surface area contributed by atoms with E-state index in [0.717, 1.165) is 11.3 Å². The van der Waals surface area contributed by atoms with E-state index in [1.165, 1.54) is 5.56 Å². The predicted molar refractivity (Wildman–Crippen MR) is 102 cm³/mol. The summed E-state index contributed by atoms with van der Waals surface area (Å²) < 4.78 is 16.1. The number of hydrogen-bond donors (Lipinski definition) is 1. The first kappa shape index (κ1) is 19.6. The third-order valence-electron chi connectivity index (χ3n) is 4.05. The van der Waals surface area contributed by atoms with Crippen molar-refractivity contribution in [3.8, 4) is 17.2 Å². The van der Waals surface area contributed by atoms with Crippen molar-refractivity contribution in [1.29, 1.82) is 0 Å². The van der Waals surface area contributed by atoms with Crippen molar-refractivity contribution < 1.29 is 19.0 Å². The molecule has 0 fully saturated rings. The molecule has 0 heterocycles. The van der Waals surface area contributed by atoms with Crippen LogP contribution in [0.4, 0.5) is 0 Å². The van der Waals surface area contributed by atoms with Crippen LogP contribution in [-0.2, 0) is 11.2 Å². The molecule has 1 amide bonds. The van der Waals surface area contributed by atoms with Gasteiger partial charge in [0.15, 0.2) is 11.5 Å². The lowest BCUT2D eigenvalue weighted by molar-refractivity contribution is -0.120. The molecule has 0 aromatic heterocycles. The molecule has 140 valence electrons. The molecule has 5 heteroatoms. The Bertz CT molecular complexity index is 710. The summed E-state index contributed by atoms with van der Waals surface area (Å²) in [5.74, 6) is 2.51. The third kappa shape index (κ3) is 5.69. The summed E-state index contributed by atoms with van der Waals surface area (Å²) in [6.07, 6.45) is 0.281. The predicted octanol–water partition coefficient (Wildman–Crippen LogP) is 3.56. The molecule has 1 N–H and O–H groups in total. The SMILES string of the molecule is COc1ccc(CC(=O)NCCOc2ccc(C(C)C)cc2)cc1OC. The average molecular weight is 357 g/mol. The minimum Gasteiger partial charge on any atom is -0.493 e. The van der Waals surface area contributed by atoms with Gasteiger partial charge in [-0.3, -0.25) is 4.79 Å². The number of carbonyl (C=O) groups excluding carboxylic acids is 1. The van der Waals surface area contributed by atoms with Gasteiger partial charge in [-0.25, -0.2) is 0 Å². The Morgan fingerprint density at radius 3 is 2.31 bits per heavy atom. The minimum absolute atomic E-state index is 0.0593. The lowest BCUT2D eigenvalue weighted by atomic mass is 10.0. The molecule has 0 unspecified atom stereocenters. The van der Waals surface area contributed by atoms with E-state index in [1.807, 2.05) is 24.3 Å². The van der Waals surface area contributed by atoms with Crippen molar-refractivity contribution in [2.45, 2.75) is 26.2 Å². The zero-order valence-electron chi connectivity index (χ0n) is 15.9. The van der Waals surface area contributed by atoms with Gasteiger partial charge in [0.05, 0.1) is 27.2 Å². The standard InChI is InChI=1S/C21H27NO4/c1-15(2)17-6-8-18(9-7-17)26-12-11-22-21(23)14-16-5-10-19(24-3)20(13-16)25-4/h5-10,13,15H,11-12,14H2,1-4H3,(H,22,23). The molecule has 2 aromatic rings. The maximum Gasteiger partial charge on any atom is 0.224 e. The molecule has 2 rings (SSSR count). The highest BCUT2D eigenvalue weighted by molar-refractivity contribution is 5.78. The van der Waals surface area contributed by atoms with E-state index >= 15 is 0 Å². The Kier molecular flexibility index (Phi) is 7.33. The van der Waals surface area contributed by atoms with Crippen molar-refractivity contribution >= 4 is 5.91 Å². The number of methoxy groups -OCH3 is 2. The summed E-state index contributed by atoms with van der Waals surface area (Å²) in [5, 5.41) is 2.86. The van der Waals surface area contributed by atoms with Crippen molar-refractivity contribution in [2.24, 2.45) is 0 Å². The summed E-state index contributed by atoms with van der Waals surface area (Å²) in [7, 11) is 3.16. The highest BCUT2D eigenvalue weighted by Crippen LogP contribution is 2.27. The summed E-state index contributed by atoms with van der Waals surface area (Å²) in [6.45, 7) is 5.20. The van der Waals surface area contributed by atoms with Crippen LogP contribution in [0.25, 0.3) is 0 Å². The van der Waals surface area contributed by atoms with Gasteiger partial charge >= 0.3 is 0 Å². The van der Waals surface area contributed by atoms with E-state index in [1.54, 1.807) is 20.3 Å². The van der Waals surface area contributed by atoms with Crippen LogP contribution in [0.15, 0.2) is 42.5 Å². The van der Waals surface area contributed by atoms with Crippen molar-refractivity contribution in [1.82, 2.24) is 5.32 Å². The van der Waals surface area contributed by atoms with Crippen LogP contribution >= 0.6 is 0 Å². The Labute approximate surface area is 155 Å². The average Bonchev–Trinajstić information content (AvgIpc) is 2.65. The van der Waals surface area contributed by atoms with E-state index in [-0.39, 0.29) is 12.3 Å². The minimum atomic E-state index is -0.0593. The van der Waals surface area contributed by atoms with Gasteiger partial charge in [-0.05, 0) is 41.3 Å². The number of benzene rings is 2. The van der Waals surface area contributed by atoms with Crippen LogP contribution in [0.3, 0.4) is 0 Å². The van der Waals surface area contributed by atoms with Crippen LogP contribution in [0.2, 0.25) is 0 Å². The van der Waals surface area contributed by atoms with Gasteiger partial charge in [-0.2, -0.15) is 0 Å². The molecular weight excluding hydrogens is 330 g/mol. The summed E-state index contributed by atoms with van der Waals surface area (Å²) in [5.41, 5.74) is 2.14. The Morgan fingerprint density at radius 2 is 1.69 bits per heavy atom. The molecule has 2 aromatic carbocycles. The number of ether oxygens (including phenoxy) is 3. The van der Waals surface area contributed by atoms with Crippen LogP contribution in [-0.4, -0.2) is 33.3 Å². The van der Waals surface area contributed by atoms with Gasteiger partial charge in [-0.15, -0.1) is 0 Å². The van der Waals surface area contributed by atoms with Gasteiger partial charge in [0.25, 0.3) is 0 Å². The first-order valence-electron chi connectivity index (χ1n) is 8.74. The maximum absolute atomic E-state index is 12.1. The van der Waals surface area contributed by atoms with Gasteiger partial charge in [0.2, 0.25) is 5.91 Å². The number of carbonyl (C=O) groups is 1. The molecular formula is C21H27NO4. The topological polar surface area (TPSA) is 56.8 Å². The second-order valence-corrected chi connectivity index (χ2v) is 6.29. The molecule has 0 saturated heterocycles. The van der Waals surface area contributed by atoms with Gasteiger partial charge < -0.3 is 19.5 Å². The molecule has 0 bridgehead atoms. The van der Waals surface area contributed by atoms with E-state index < -0.39 is 0 Å². The molecule has 0 aliphatic heterocycles. The Balaban J connectivity index is 1.75. The summed E-state index contributed by atoms with van der Waals surface area (Å²) in [6, 6.07) is 13.5. The monoisotopic (exact) mass is 357 g/mol. The molecule has 0 aliphatic rings. The van der Waals surface area contributed by atoms with Crippen LogP contribution in [0.1, 0.15) is 30.9 Å². The highest BCUT2D eigenvalue weighted by atomic mass is 16.5. The highest BCUT2D eigenvalue weighted by Gasteiger charge is 2.08. The lowest BCUT2D eigenvalue weighted by Gasteiger charge is -2.11. The van der Waals surface area contributed by atoms with E-state index in [2.05, 4.69) is 31.3 Å². The second kappa shape index (κ2) is 9.70. The molecule has 0 aliphatic carbocycles. The molecule has 26 heavy (non-hydrogen) atoms. The molecule has 0 radical (unpaired) electrons. The maximum atomic E-state index is 12.1. The second-order valence-electron chi connectivity index (χ2n) is 6.29. The van der Waals surface area contributed by atoms with Crippen molar-refractivity contribution in [3.63, 3.8) is 0 Å². The van der Waals surface area contributed by atoms with E-state index in [4.69, 9.17) is 14.2 Å². The summed E-state index contributed by atoms with van der Waals surface area (Å²) in [4.78, 5) is 12.1. The van der Waals surface area contributed by atoms with Crippen LogP contribution in [0, 0.1) is 0 Å². The van der Waals surface area contributed by atoms with Crippen LogP contribution < -0.4 is 19.5 Å². The van der Waals surface area contributed by atoms with Gasteiger partial charge in [0.1, 0.15) is 12.4 Å².